The minimum atomic E-state index is -3.49. The molecule has 1 aromatic rings. The van der Waals surface area contributed by atoms with Crippen molar-refractivity contribution in [2.75, 3.05) is 19.3 Å². The average Bonchev–Trinajstić information content (AvgIpc) is 2.52. The molecule has 1 aliphatic rings. The number of nitrogens with zero attached hydrogens (tertiary/aromatic N) is 1. The Morgan fingerprint density at radius 2 is 2.04 bits per heavy atom. The average molecular weight is 341 g/mol. The monoisotopic (exact) mass is 341 g/mol. The molecule has 23 heavy (non-hydrogen) atoms. The van der Waals surface area contributed by atoms with Crippen LogP contribution in [0.25, 0.3) is 0 Å². The number of ether oxygens (including phenoxy) is 1. The zero-order valence-electron chi connectivity index (χ0n) is 13.5. The predicted molar refractivity (Wildman–Crippen MR) is 86.3 cm³/mol. The number of benzene rings is 1. The minimum Gasteiger partial charge on any atom is -0.445 e. The lowest BCUT2D eigenvalue weighted by molar-refractivity contribution is 0.0551. The molecule has 7 heteroatoms. The van der Waals surface area contributed by atoms with E-state index in [9.17, 15) is 13.2 Å². The number of likely N-dealkylation sites (tertiary alicyclic amines) is 1. The van der Waals surface area contributed by atoms with Gasteiger partial charge in [0, 0.05) is 19.0 Å². The first-order valence-electron chi connectivity index (χ1n) is 7.69. The molecule has 1 fully saturated rings. The quantitative estimate of drug-likeness (QED) is 0.769. The fourth-order valence-corrected chi connectivity index (χ4v) is 3.43. The van der Waals surface area contributed by atoms with Gasteiger partial charge in [0.25, 0.3) is 10.1 Å². The molecule has 0 aromatic heterocycles. The van der Waals surface area contributed by atoms with Gasteiger partial charge in [0.2, 0.25) is 0 Å². The van der Waals surface area contributed by atoms with Gasteiger partial charge < -0.3 is 9.64 Å². The number of rotatable bonds is 5. The van der Waals surface area contributed by atoms with E-state index >= 15 is 0 Å². The van der Waals surface area contributed by atoms with Gasteiger partial charge >= 0.3 is 6.09 Å². The van der Waals surface area contributed by atoms with Gasteiger partial charge in [-0.05, 0) is 25.3 Å². The van der Waals surface area contributed by atoms with Gasteiger partial charge in [0.05, 0.1) is 12.4 Å². The SMILES string of the molecule is C[C@@H](OS(C)(=O)=O)[C@H]1CCCN(C(=O)OCc2ccccc2)C1. The summed E-state index contributed by atoms with van der Waals surface area (Å²) in [5.74, 6) is -0.0113. The third-order valence-electron chi connectivity index (χ3n) is 3.91. The van der Waals surface area contributed by atoms with Crippen molar-refractivity contribution >= 4 is 16.2 Å². The molecular weight excluding hydrogens is 318 g/mol. The highest BCUT2D eigenvalue weighted by molar-refractivity contribution is 7.86. The van der Waals surface area contributed by atoms with Crippen molar-refractivity contribution in [3.05, 3.63) is 35.9 Å². The molecule has 0 bridgehead atoms. The van der Waals surface area contributed by atoms with Crippen molar-refractivity contribution in [3.8, 4) is 0 Å². The minimum absolute atomic E-state index is 0.0113. The summed E-state index contributed by atoms with van der Waals surface area (Å²) in [6, 6.07) is 9.49. The number of carbonyl (C=O) groups excluding carboxylic acids is 1. The molecule has 128 valence electrons. The fraction of sp³-hybridized carbons (Fsp3) is 0.562. The molecule has 2 atom stereocenters. The van der Waals surface area contributed by atoms with Crippen LogP contribution >= 0.6 is 0 Å². The molecule has 0 saturated carbocycles. The Bertz CT molecular complexity index is 617. The molecule has 0 radical (unpaired) electrons. The van der Waals surface area contributed by atoms with E-state index in [0.29, 0.717) is 13.1 Å². The van der Waals surface area contributed by atoms with E-state index < -0.39 is 16.2 Å². The summed E-state index contributed by atoms with van der Waals surface area (Å²) < 4.78 is 32.8. The second kappa shape index (κ2) is 7.79. The second-order valence-corrected chi connectivity index (χ2v) is 7.49. The van der Waals surface area contributed by atoms with Gasteiger partial charge in [-0.1, -0.05) is 30.3 Å². The lowest BCUT2D eigenvalue weighted by atomic mass is 9.94. The second-order valence-electron chi connectivity index (χ2n) is 5.89. The smallest absolute Gasteiger partial charge is 0.410 e. The number of carbonyl (C=O) groups is 1. The first-order chi connectivity index (χ1) is 10.8. The van der Waals surface area contributed by atoms with Gasteiger partial charge in [0.1, 0.15) is 6.61 Å². The molecule has 1 aromatic carbocycles. The summed E-state index contributed by atoms with van der Waals surface area (Å²) in [7, 11) is -3.49. The Balaban J connectivity index is 1.86. The van der Waals surface area contributed by atoms with Crippen LogP contribution in [0.1, 0.15) is 25.3 Å². The van der Waals surface area contributed by atoms with Crippen LogP contribution in [0.3, 0.4) is 0 Å². The van der Waals surface area contributed by atoms with Crippen LogP contribution in [0.4, 0.5) is 4.79 Å². The first-order valence-corrected chi connectivity index (χ1v) is 9.50. The van der Waals surface area contributed by atoms with Crippen molar-refractivity contribution in [1.29, 1.82) is 0 Å². The Morgan fingerprint density at radius 3 is 2.70 bits per heavy atom. The molecule has 2 rings (SSSR count). The van der Waals surface area contributed by atoms with Gasteiger partial charge in [-0.25, -0.2) is 4.79 Å². The van der Waals surface area contributed by atoms with Crippen LogP contribution in [0.15, 0.2) is 30.3 Å². The lowest BCUT2D eigenvalue weighted by Gasteiger charge is -2.34. The van der Waals surface area contributed by atoms with Crippen molar-refractivity contribution < 1.29 is 22.1 Å². The molecule has 1 amide bonds. The summed E-state index contributed by atoms with van der Waals surface area (Å²) >= 11 is 0. The maximum atomic E-state index is 12.2. The topological polar surface area (TPSA) is 72.9 Å². The Hall–Kier alpha value is -1.60. The lowest BCUT2D eigenvalue weighted by Crippen LogP contribution is -2.44. The van der Waals surface area contributed by atoms with Gasteiger partial charge in [-0.3, -0.25) is 4.18 Å². The van der Waals surface area contributed by atoms with E-state index in [-0.39, 0.29) is 18.6 Å². The summed E-state index contributed by atoms with van der Waals surface area (Å²) in [6.07, 6.45) is 1.86. The molecule has 1 saturated heterocycles. The van der Waals surface area contributed by atoms with Gasteiger partial charge in [-0.15, -0.1) is 0 Å². The van der Waals surface area contributed by atoms with E-state index in [2.05, 4.69) is 0 Å². The predicted octanol–water partition coefficient (Wildman–Crippen LogP) is 2.40. The van der Waals surface area contributed by atoms with E-state index in [1.807, 2.05) is 30.3 Å². The van der Waals surface area contributed by atoms with Crippen molar-refractivity contribution in [3.63, 3.8) is 0 Å². The first kappa shape index (κ1) is 17.7. The molecular formula is C16H23NO5S. The van der Waals surface area contributed by atoms with E-state index in [4.69, 9.17) is 8.92 Å². The van der Waals surface area contributed by atoms with Crippen LogP contribution in [-0.2, 0) is 25.6 Å². The zero-order valence-corrected chi connectivity index (χ0v) is 14.3. The normalized spacial score (nSPS) is 20.1. The molecule has 0 N–H and O–H groups in total. The van der Waals surface area contributed by atoms with E-state index in [1.165, 1.54) is 0 Å². The Labute approximate surface area is 137 Å². The molecule has 0 unspecified atom stereocenters. The van der Waals surface area contributed by atoms with E-state index in [0.717, 1.165) is 24.7 Å². The number of hydrogen-bond donors (Lipinski definition) is 0. The molecule has 1 heterocycles. The maximum Gasteiger partial charge on any atom is 0.410 e. The van der Waals surface area contributed by atoms with Crippen LogP contribution in [0.2, 0.25) is 0 Å². The van der Waals surface area contributed by atoms with Gasteiger partial charge in [0.15, 0.2) is 0 Å². The Morgan fingerprint density at radius 1 is 1.35 bits per heavy atom. The maximum absolute atomic E-state index is 12.2. The highest BCUT2D eigenvalue weighted by Crippen LogP contribution is 2.23. The molecule has 1 aliphatic heterocycles. The molecule has 6 nitrogen and oxygen atoms in total. The highest BCUT2D eigenvalue weighted by atomic mass is 32.2. The fourth-order valence-electron chi connectivity index (χ4n) is 2.72. The number of amides is 1. The molecule has 0 spiro atoms. The highest BCUT2D eigenvalue weighted by Gasteiger charge is 2.30. The largest absolute Gasteiger partial charge is 0.445 e. The van der Waals surface area contributed by atoms with Gasteiger partial charge in [-0.2, -0.15) is 8.42 Å². The molecule has 0 aliphatic carbocycles. The number of hydrogen-bond acceptors (Lipinski definition) is 5. The Kier molecular flexibility index (Phi) is 6.01. The third kappa shape index (κ3) is 5.84. The summed E-state index contributed by atoms with van der Waals surface area (Å²) in [4.78, 5) is 13.8. The van der Waals surface area contributed by atoms with Crippen LogP contribution < -0.4 is 0 Å². The summed E-state index contributed by atoms with van der Waals surface area (Å²) in [5.41, 5.74) is 0.934. The van der Waals surface area contributed by atoms with Crippen molar-refractivity contribution in [1.82, 2.24) is 4.90 Å². The standard InChI is InChI=1S/C16H23NO5S/c1-13(22-23(2,19)20)15-9-6-10-17(11-15)16(18)21-12-14-7-4-3-5-8-14/h3-5,7-8,13,15H,6,9-12H2,1-2H3/t13-,15+/m1/s1. The summed E-state index contributed by atoms with van der Waals surface area (Å²) in [5, 5.41) is 0. The van der Waals surface area contributed by atoms with E-state index in [1.54, 1.807) is 11.8 Å². The van der Waals surface area contributed by atoms with Crippen LogP contribution in [-0.4, -0.2) is 44.9 Å². The van der Waals surface area contributed by atoms with Crippen molar-refractivity contribution in [2.45, 2.75) is 32.5 Å². The number of piperidine rings is 1. The third-order valence-corrected chi connectivity index (χ3v) is 4.56. The summed E-state index contributed by atoms with van der Waals surface area (Å²) in [6.45, 7) is 3.03. The van der Waals surface area contributed by atoms with Crippen molar-refractivity contribution in [2.24, 2.45) is 5.92 Å². The van der Waals surface area contributed by atoms with Crippen LogP contribution in [0, 0.1) is 5.92 Å². The van der Waals surface area contributed by atoms with Crippen LogP contribution in [0.5, 0.6) is 0 Å². The zero-order chi connectivity index (χ0) is 16.9.